The van der Waals surface area contributed by atoms with Gasteiger partial charge in [0, 0.05) is 46.8 Å². The Balaban J connectivity index is 0.00000152. The van der Waals surface area contributed by atoms with E-state index in [1.54, 1.807) is 12.5 Å². The van der Waals surface area contributed by atoms with Crippen LogP contribution in [0.4, 0.5) is 4.39 Å². The lowest BCUT2D eigenvalue weighted by molar-refractivity contribution is -0.129. The fraction of sp³-hybridized carbons (Fsp3) is 0.519. The molecule has 0 bridgehead atoms. The van der Waals surface area contributed by atoms with Gasteiger partial charge >= 0.3 is 0 Å². The van der Waals surface area contributed by atoms with Crippen LogP contribution in [0, 0.1) is 12.7 Å². The van der Waals surface area contributed by atoms with Crippen molar-refractivity contribution < 1.29 is 24.6 Å². The lowest BCUT2D eigenvalue weighted by Gasteiger charge is -2.32. The number of benzene rings is 1. The first-order valence-corrected chi connectivity index (χ1v) is 13.0. The molecular weight excluding hydrogens is 503 g/mol. The molecule has 1 saturated heterocycles. The molecule has 0 atom stereocenters. The summed E-state index contributed by atoms with van der Waals surface area (Å²) in [6.45, 7) is 10.9. The average molecular weight is 541 g/mol. The predicted molar refractivity (Wildman–Crippen MR) is 146 cm³/mol. The fourth-order valence-corrected chi connectivity index (χ4v) is 7.28. The third-order valence-corrected chi connectivity index (χ3v) is 8.89. The third-order valence-electron chi connectivity index (χ3n) is 7.58. The second-order valence-corrected chi connectivity index (χ2v) is 10.7. The van der Waals surface area contributed by atoms with Gasteiger partial charge in [0.15, 0.2) is 0 Å². The number of aryl methyl sites for hydroxylation is 1. The molecular formula is C27H38ClFN2O4S. The highest BCUT2D eigenvalue weighted by Crippen LogP contribution is 2.38. The van der Waals surface area contributed by atoms with Crippen molar-refractivity contribution in [3.05, 3.63) is 56.2 Å². The molecule has 36 heavy (non-hydrogen) atoms. The quantitative estimate of drug-likeness (QED) is 0.472. The molecule has 0 radical (unpaired) electrons. The van der Waals surface area contributed by atoms with Gasteiger partial charge in [-0.2, -0.15) is 0 Å². The molecule has 1 amide bonds. The van der Waals surface area contributed by atoms with Gasteiger partial charge in [-0.05, 0) is 81.3 Å². The van der Waals surface area contributed by atoms with Crippen LogP contribution in [0.25, 0.3) is 11.0 Å². The van der Waals surface area contributed by atoms with E-state index in [1.165, 1.54) is 33.0 Å². The number of nitrogens with zero attached hydrogens (tertiary/aromatic N) is 2. The van der Waals surface area contributed by atoms with Crippen LogP contribution < -0.4 is 0 Å². The van der Waals surface area contributed by atoms with Crippen molar-refractivity contribution in [2.45, 2.75) is 65.3 Å². The summed E-state index contributed by atoms with van der Waals surface area (Å²) in [5.74, 6) is 1.35. The van der Waals surface area contributed by atoms with Crippen molar-refractivity contribution in [2.24, 2.45) is 0 Å². The molecule has 200 valence electrons. The zero-order valence-electron chi connectivity index (χ0n) is 21.3. The molecule has 0 saturated carbocycles. The first kappa shape index (κ1) is 30.3. The summed E-state index contributed by atoms with van der Waals surface area (Å²) in [7, 11) is 0. The van der Waals surface area contributed by atoms with E-state index < -0.39 is 0 Å². The highest BCUT2D eigenvalue weighted by atomic mass is 35.5. The van der Waals surface area contributed by atoms with Crippen molar-refractivity contribution >= 4 is 40.6 Å². The number of carbonyl (C=O) groups excluding carboxylic acids is 1. The van der Waals surface area contributed by atoms with Gasteiger partial charge in [0.1, 0.15) is 17.2 Å². The monoisotopic (exact) mass is 540 g/mol. The fourth-order valence-electron chi connectivity index (χ4n) is 5.83. The molecule has 0 aliphatic carbocycles. The maximum Gasteiger partial charge on any atom is 0.219 e. The lowest BCUT2D eigenvalue weighted by atomic mass is 9.87. The molecule has 0 unspecified atom stereocenters. The summed E-state index contributed by atoms with van der Waals surface area (Å²) in [6.07, 6.45) is 5.40. The van der Waals surface area contributed by atoms with Crippen LogP contribution >= 0.6 is 23.7 Å². The molecule has 3 aromatic rings. The minimum atomic E-state index is -0.242. The Morgan fingerprint density at radius 3 is 2.58 bits per heavy atom. The SMILES string of the molecule is CCc1c(CCN2CCC(c3c(C)oc4cc(F)ccc34)CC2)sc2c1CCN(C(C)=O)C2.Cl.O.O. The van der Waals surface area contributed by atoms with E-state index in [4.69, 9.17) is 4.42 Å². The van der Waals surface area contributed by atoms with E-state index in [-0.39, 0.29) is 35.1 Å². The number of hydrogen-bond acceptors (Lipinski definition) is 4. The van der Waals surface area contributed by atoms with Gasteiger partial charge in [-0.1, -0.05) is 6.92 Å². The van der Waals surface area contributed by atoms with Crippen LogP contribution in [0.3, 0.4) is 0 Å². The largest absolute Gasteiger partial charge is 0.461 e. The lowest BCUT2D eigenvalue weighted by Crippen LogP contribution is -2.34. The van der Waals surface area contributed by atoms with Gasteiger partial charge in [-0.15, -0.1) is 23.7 Å². The molecule has 6 nitrogen and oxygen atoms in total. The Morgan fingerprint density at radius 2 is 1.92 bits per heavy atom. The molecule has 4 N–H and O–H groups in total. The minimum absolute atomic E-state index is 0. The van der Waals surface area contributed by atoms with Crippen molar-refractivity contribution in [1.29, 1.82) is 0 Å². The number of rotatable bonds is 5. The summed E-state index contributed by atoms with van der Waals surface area (Å²) >= 11 is 1.94. The number of thiophene rings is 1. The number of piperidine rings is 1. The standard InChI is InChI=1S/C27H33FN2O2S.ClH.2H2O/c1-4-21-22-9-14-30(18(3)31)16-26(22)33-25(21)10-13-29-11-7-19(8-12-29)27-17(2)32-24-15-20(28)5-6-23(24)27;;;/h5-6,15,19H,4,7-14,16H2,1-3H3;1H;2*1H2. The predicted octanol–water partition coefficient (Wildman–Crippen LogP) is 4.60. The average Bonchev–Trinajstić information content (AvgIpc) is 3.32. The number of halogens is 2. The Kier molecular flexibility index (Phi) is 10.5. The second kappa shape index (κ2) is 12.5. The molecule has 0 spiro atoms. The molecule has 2 aliphatic rings. The van der Waals surface area contributed by atoms with Crippen molar-refractivity contribution in [2.75, 3.05) is 26.2 Å². The van der Waals surface area contributed by atoms with Crippen LogP contribution in [-0.2, 0) is 30.6 Å². The maximum absolute atomic E-state index is 13.6. The van der Waals surface area contributed by atoms with Crippen LogP contribution in [0.5, 0.6) is 0 Å². The molecule has 1 fully saturated rings. The van der Waals surface area contributed by atoms with Gasteiger partial charge in [0.25, 0.3) is 0 Å². The third kappa shape index (κ3) is 5.78. The Morgan fingerprint density at radius 1 is 1.19 bits per heavy atom. The Hall–Kier alpha value is -1.97. The molecule has 2 aliphatic heterocycles. The van der Waals surface area contributed by atoms with Gasteiger partial charge in [-0.3, -0.25) is 4.79 Å². The number of fused-ring (bicyclic) bond motifs is 2. The first-order valence-electron chi connectivity index (χ1n) is 12.2. The summed E-state index contributed by atoms with van der Waals surface area (Å²) in [6, 6.07) is 4.92. The topological polar surface area (TPSA) is 99.7 Å². The number of hydrogen-bond donors (Lipinski definition) is 0. The molecule has 5 rings (SSSR count). The highest BCUT2D eigenvalue weighted by Gasteiger charge is 2.27. The van der Waals surface area contributed by atoms with E-state index in [2.05, 4.69) is 11.8 Å². The Labute approximate surface area is 222 Å². The maximum atomic E-state index is 13.6. The summed E-state index contributed by atoms with van der Waals surface area (Å²) in [5, 5.41) is 1.07. The molecule has 9 heteroatoms. The highest BCUT2D eigenvalue weighted by molar-refractivity contribution is 7.12. The van der Waals surface area contributed by atoms with E-state index in [0.717, 1.165) is 76.0 Å². The number of carbonyl (C=O) groups is 1. The number of likely N-dealkylation sites (tertiary alicyclic amines) is 1. The zero-order valence-corrected chi connectivity index (χ0v) is 22.9. The van der Waals surface area contributed by atoms with Gasteiger partial charge in [0.2, 0.25) is 5.91 Å². The number of amides is 1. The number of furan rings is 1. The van der Waals surface area contributed by atoms with Crippen LogP contribution in [0.1, 0.15) is 64.8 Å². The van der Waals surface area contributed by atoms with Gasteiger partial charge in [0.05, 0.1) is 6.54 Å². The van der Waals surface area contributed by atoms with Crippen LogP contribution in [0.15, 0.2) is 22.6 Å². The Bertz CT molecular complexity index is 1190. The molecule has 2 aromatic heterocycles. The van der Waals surface area contributed by atoms with E-state index in [1.807, 2.05) is 29.2 Å². The van der Waals surface area contributed by atoms with Gasteiger partial charge < -0.3 is 25.2 Å². The van der Waals surface area contributed by atoms with E-state index >= 15 is 0 Å². The second-order valence-electron chi connectivity index (χ2n) is 9.53. The first-order chi connectivity index (χ1) is 15.9. The van der Waals surface area contributed by atoms with Gasteiger partial charge in [-0.25, -0.2) is 4.39 Å². The molecule has 1 aromatic carbocycles. The normalized spacial score (nSPS) is 16.2. The molecule has 4 heterocycles. The van der Waals surface area contributed by atoms with Crippen molar-refractivity contribution in [3.63, 3.8) is 0 Å². The van der Waals surface area contributed by atoms with Crippen molar-refractivity contribution in [1.82, 2.24) is 9.80 Å². The summed E-state index contributed by atoms with van der Waals surface area (Å²) in [5.41, 5.74) is 5.01. The van der Waals surface area contributed by atoms with E-state index in [0.29, 0.717) is 11.5 Å². The van der Waals surface area contributed by atoms with Crippen LogP contribution in [-0.4, -0.2) is 52.8 Å². The smallest absolute Gasteiger partial charge is 0.219 e. The zero-order chi connectivity index (χ0) is 23.1. The van der Waals surface area contributed by atoms with E-state index in [9.17, 15) is 9.18 Å². The summed E-state index contributed by atoms with van der Waals surface area (Å²) in [4.78, 5) is 19.3. The van der Waals surface area contributed by atoms with Crippen molar-refractivity contribution in [3.8, 4) is 0 Å². The van der Waals surface area contributed by atoms with Crippen LogP contribution in [0.2, 0.25) is 0 Å². The summed E-state index contributed by atoms with van der Waals surface area (Å²) < 4.78 is 19.5. The minimum Gasteiger partial charge on any atom is -0.461 e.